The number of hydrogen-bond acceptors (Lipinski definition) is 3. The van der Waals surface area contributed by atoms with Crippen molar-refractivity contribution in [1.82, 2.24) is 14.7 Å². The molecule has 0 radical (unpaired) electrons. The van der Waals surface area contributed by atoms with Gasteiger partial charge in [-0.15, -0.1) is 0 Å². The van der Waals surface area contributed by atoms with Crippen LogP contribution in [0.2, 0.25) is 0 Å². The number of anilines is 1. The van der Waals surface area contributed by atoms with Crippen molar-refractivity contribution < 1.29 is 22.9 Å². The zero-order chi connectivity index (χ0) is 20.6. The number of rotatable bonds is 3. The minimum atomic E-state index is -4.45. The second kappa shape index (κ2) is 7.70. The highest BCUT2D eigenvalue weighted by Gasteiger charge is 2.47. The number of benzene rings is 1. The van der Waals surface area contributed by atoms with Crippen LogP contribution in [0.25, 0.3) is 0 Å². The number of carbonyl (C=O) groups is 1. The molecule has 3 heterocycles. The highest BCUT2D eigenvalue weighted by Crippen LogP contribution is 2.44. The first-order chi connectivity index (χ1) is 13.9. The van der Waals surface area contributed by atoms with Gasteiger partial charge >= 0.3 is 6.18 Å². The number of nitrogens with zero attached hydrogens (tertiary/aromatic N) is 3. The zero-order valence-corrected chi connectivity index (χ0v) is 16.2. The standard InChI is InChI=1S/C20H24F3N5O/c1-2-26-8-10-27(11-9-26)19(29)15-13-24-28-17(20(21,22)23)12-16(25-18(15)28)14-6-4-3-5-7-14/h3-7,13,16-17,25H,2,8-12H2,1H3/p+1/t16-,17+/m0/s1. The van der Waals surface area contributed by atoms with Gasteiger partial charge in [-0.25, -0.2) is 4.68 Å². The molecule has 1 fully saturated rings. The maximum Gasteiger partial charge on any atom is 0.410 e. The first-order valence-corrected chi connectivity index (χ1v) is 9.97. The van der Waals surface area contributed by atoms with Crippen LogP contribution in [0.15, 0.2) is 36.5 Å². The molecule has 0 unspecified atom stereocenters. The molecule has 9 heteroatoms. The molecule has 0 bridgehead atoms. The summed E-state index contributed by atoms with van der Waals surface area (Å²) in [6, 6.07) is 6.70. The van der Waals surface area contributed by atoms with Crippen LogP contribution in [0, 0.1) is 0 Å². The Bertz CT molecular complexity index is 859. The van der Waals surface area contributed by atoms with Crippen molar-refractivity contribution in [3.05, 3.63) is 47.7 Å². The van der Waals surface area contributed by atoms with Crippen molar-refractivity contribution in [2.75, 3.05) is 38.0 Å². The van der Waals surface area contributed by atoms with E-state index in [4.69, 9.17) is 0 Å². The van der Waals surface area contributed by atoms with Crippen molar-refractivity contribution >= 4 is 11.7 Å². The van der Waals surface area contributed by atoms with Crippen molar-refractivity contribution in [3.63, 3.8) is 0 Å². The Balaban J connectivity index is 1.64. The van der Waals surface area contributed by atoms with E-state index in [0.29, 0.717) is 13.1 Å². The number of likely N-dealkylation sites (N-methyl/N-ethyl adjacent to an activating group) is 1. The average Bonchev–Trinajstić information content (AvgIpc) is 3.16. The SMILES string of the molecule is CC[NH+]1CCN(C(=O)c2cnn3c2N[C@H](c2ccccc2)C[C@@H]3C(F)(F)F)CC1. The fraction of sp³-hybridized carbons (Fsp3) is 0.500. The van der Waals surface area contributed by atoms with Gasteiger partial charge in [0.1, 0.15) is 11.4 Å². The summed E-state index contributed by atoms with van der Waals surface area (Å²) >= 11 is 0. The Morgan fingerprint density at radius 1 is 1.24 bits per heavy atom. The Morgan fingerprint density at radius 2 is 1.93 bits per heavy atom. The van der Waals surface area contributed by atoms with Gasteiger partial charge in [0.05, 0.1) is 45.0 Å². The molecule has 0 aliphatic carbocycles. The summed E-state index contributed by atoms with van der Waals surface area (Å²) in [6.07, 6.45) is -3.35. The molecule has 1 saturated heterocycles. The zero-order valence-electron chi connectivity index (χ0n) is 16.2. The number of aromatic nitrogens is 2. The van der Waals surface area contributed by atoms with Crippen LogP contribution in [0.1, 0.15) is 41.3 Å². The van der Waals surface area contributed by atoms with Crippen molar-refractivity contribution in [1.29, 1.82) is 0 Å². The number of halogens is 3. The fourth-order valence-electron chi connectivity index (χ4n) is 4.17. The minimum Gasteiger partial charge on any atom is -0.363 e. The summed E-state index contributed by atoms with van der Waals surface area (Å²) < 4.78 is 42.2. The molecule has 156 valence electrons. The van der Waals surface area contributed by atoms with Crippen LogP contribution >= 0.6 is 0 Å². The lowest BCUT2D eigenvalue weighted by Crippen LogP contribution is -3.14. The van der Waals surface area contributed by atoms with Crippen molar-refractivity contribution in [2.45, 2.75) is 31.6 Å². The predicted molar refractivity (Wildman–Crippen MR) is 102 cm³/mol. The molecule has 2 aliphatic rings. The number of carbonyl (C=O) groups excluding carboxylic acids is 1. The second-order valence-electron chi connectivity index (χ2n) is 7.65. The van der Waals surface area contributed by atoms with Crippen LogP contribution in [0.5, 0.6) is 0 Å². The van der Waals surface area contributed by atoms with Gasteiger partial charge in [-0.3, -0.25) is 4.79 Å². The lowest BCUT2D eigenvalue weighted by molar-refractivity contribution is -0.902. The molecule has 29 heavy (non-hydrogen) atoms. The Labute approximate surface area is 167 Å². The van der Waals surface area contributed by atoms with Crippen molar-refractivity contribution in [3.8, 4) is 0 Å². The van der Waals surface area contributed by atoms with E-state index in [-0.39, 0.29) is 23.7 Å². The van der Waals surface area contributed by atoms with Gasteiger partial charge in [0, 0.05) is 6.42 Å². The Morgan fingerprint density at radius 3 is 2.55 bits per heavy atom. The smallest absolute Gasteiger partial charge is 0.363 e. The summed E-state index contributed by atoms with van der Waals surface area (Å²) in [6.45, 7) is 5.98. The summed E-state index contributed by atoms with van der Waals surface area (Å²) in [5, 5.41) is 7.11. The van der Waals surface area contributed by atoms with Gasteiger partial charge in [-0.2, -0.15) is 18.3 Å². The van der Waals surface area contributed by atoms with Gasteiger partial charge in [0.25, 0.3) is 5.91 Å². The van der Waals surface area contributed by atoms with E-state index in [1.54, 1.807) is 29.2 Å². The molecule has 1 aromatic carbocycles. The van der Waals surface area contributed by atoms with E-state index in [9.17, 15) is 18.0 Å². The molecule has 1 aromatic heterocycles. The third kappa shape index (κ3) is 3.83. The van der Waals surface area contributed by atoms with Gasteiger partial charge < -0.3 is 15.1 Å². The van der Waals surface area contributed by atoms with E-state index in [1.165, 1.54) is 11.1 Å². The average molecular weight is 408 g/mol. The third-order valence-corrected chi connectivity index (χ3v) is 5.93. The topological polar surface area (TPSA) is 54.6 Å². The molecule has 2 atom stereocenters. The summed E-state index contributed by atoms with van der Waals surface area (Å²) in [5.41, 5.74) is 0.965. The van der Waals surface area contributed by atoms with Crippen LogP contribution in [-0.4, -0.2) is 59.5 Å². The number of nitrogens with one attached hydrogen (secondary N) is 2. The molecule has 2 aromatic rings. The van der Waals surface area contributed by atoms with E-state index in [0.717, 1.165) is 29.9 Å². The normalized spacial score (nSPS) is 22.8. The summed E-state index contributed by atoms with van der Waals surface area (Å²) in [7, 11) is 0. The first kappa shape index (κ1) is 19.8. The monoisotopic (exact) mass is 408 g/mol. The Hall–Kier alpha value is -2.55. The summed E-state index contributed by atoms with van der Waals surface area (Å²) in [4.78, 5) is 16.2. The first-order valence-electron chi connectivity index (χ1n) is 9.97. The number of piperazine rings is 1. The molecule has 2 N–H and O–H groups in total. The largest absolute Gasteiger partial charge is 0.410 e. The Kier molecular flexibility index (Phi) is 5.24. The number of quaternary nitrogens is 1. The van der Waals surface area contributed by atoms with Crippen LogP contribution in [0.3, 0.4) is 0 Å². The predicted octanol–water partition coefficient (Wildman–Crippen LogP) is 1.90. The lowest BCUT2D eigenvalue weighted by atomic mass is 9.96. The van der Waals surface area contributed by atoms with Gasteiger partial charge in [-0.05, 0) is 12.5 Å². The van der Waals surface area contributed by atoms with E-state index in [1.807, 2.05) is 6.07 Å². The molecular weight excluding hydrogens is 383 g/mol. The lowest BCUT2D eigenvalue weighted by Gasteiger charge is -2.35. The molecule has 2 aliphatic heterocycles. The number of amides is 1. The second-order valence-corrected chi connectivity index (χ2v) is 7.65. The molecule has 0 saturated carbocycles. The molecule has 4 rings (SSSR count). The van der Waals surface area contributed by atoms with Gasteiger partial charge in [0.15, 0.2) is 6.04 Å². The van der Waals surface area contributed by atoms with E-state index in [2.05, 4.69) is 17.3 Å². The van der Waals surface area contributed by atoms with Gasteiger partial charge in [0.2, 0.25) is 0 Å². The van der Waals surface area contributed by atoms with E-state index < -0.39 is 18.3 Å². The van der Waals surface area contributed by atoms with Gasteiger partial charge in [-0.1, -0.05) is 30.3 Å². The van der Waals surface area contributed by atoms with Crippen LogP contribution in [-0.2, 0) is 0 Å². The fourth-order valence-corrected chi connectivity index (χ4v) is 4.17. The van der Waals surface area contributed by atoms with Crippen LogP contribution in [0.4, 0.5) is 19.0 Å². The number of hydrogen-bond donors (Lipinski definition) is 2. The maximum absolute atomic E-state index is 13.8. The van der Waals surface area contributed by atoms with Crippen molar-refractivity contribution in [2.24, 2.45) is 0 Å². The molecule has 6 nitrogen and oxygen atoms in total. The maximum atomic E-state index is 13.8. The van der Waals surface area contributed by atoms with E-state index >= 15 is 0 Å². The number of alkyl halides is 3. The molecular formula is C20H25F3N5O+. The molecule has 0 spiro atoms. The highest BCUT2D eigenvalue weighted by atomic mass is 19.4. The number of fused-ring (bicyclic) bond motifs is 1. The summed E-state index contributed by atoms with van der Waals surface area (Å²) in [5.74, 6) is -0.105. The third-order valence-electron chi connectivity index (χ3n) is 5.93. The minimum absolute atomic E-state index is 0.155. The molecule has 1 amide bonds. The van der Waals surface area contributed by atoms with Crippen LogP contribution < -0.4 is 10.2 Å². The highest BCUT2D eigenvalue weighted by molar-refractivity contribution is 5.99. The quantitative estimate of drug-likeness (QED) is 0.816.